The number of hydrogen-bond acceptors (Lipinski definition) is 4. The Hall–Kier alpha value is -2.87. The molecular formula is C17H10ClF3N2O3. The van der Waals surface area contributed by atoms with Crippen molar-refractivity contribution in [2.24, 2.45) is 0 Å². The van der Waals surface area contributed by atoms with Crippen LogP contribution in [-0.2, 0) is 6.18 Å². The molecule has 0 spiro atoms. The van der Waals surface area contributed by atoms with E-state index >= 15 is 0 Å². The highest BCUT2D eigenvalue weighted by Crippen LogP contribution is 2.35. The standard InChI is InChI=1S/C17H10ClF3N2O3/c1-8-6-9(2-4-11(8)16(24)25)15-22-14(23-26-15)12-7-10(17(19,20)21)3-5-13(12)18/h2-7H,1H3,(H,24,25). The smallest absolute Gasteiger partial charge is 0.416 e. The Morgan fingerprint density at radius 1 is 1.19 bits per heavy atom. The van der Waals surface area contributed by atoms with E-state index in [9.17, 15) is 18.0 Å². The van der Waals surface area contributed by atoms with Gasteiger partial charge in [0.25, 0.3) is 5.89 Å². The van der Waals surface area contributed by atoms with E-state index in [-0.39, 0.29) is 27.9 Å². The molecular weight excluding hydrogens is 373 g/mol. The average Bonchev–Trinajstić information content (AvgIpc) is 3.03. The zero-order chi connectivity index (χ0) is 19.1. The maximum absolute atomic E-state index is 12.9. The zero-order valence-corrected chi connectivity index (χ0v) is 13.9. The van der Waals surface area contributed by atoms with Gasteiger partial charge in [-0.3, -0.25) is 0 Å². The number of aryl methyl sites for hydroxylation is 1. The third kappa shape index (κ3) is 3.41. The molecule has 1 aromatic heterocycles. The molecule has 1 N–H and O–H groups in total. The summed E-state index contributed by atoms with van der Waals surface area (Å²) in [5, 5.41) is 12.8. The summed E-state index contributed by atoms with van der Waals surface area (Å²) in [5.41, 5.74) is 0.135. The molecule has 3 rings (SSSR count). The summed E-state index contributed by atoms with van der Waals surface area (Å²) in [4.78, 5) is 15.1. The summed E-state index contributed by atoms with van der Waals surface area (Å²) >= 11 is 5.96. The monoisotopic (exact) mass is 382 g/mol. The highest BCUT2D eigenvalue weighted by Gasteiger charge is 2.31. The summed E-state index contributed by atoms with van der Waals surface area (Å²) in [6.07, 6.45) is -4.53. The molecule has 134 valence electrons. The van der Waals surface area contributed by atoms with E-state index in [4.69, 9.17) is 21.2 Å². The Morgan fingerprint density at radius 2 is 1.92 bits per heavy atom. The molecule has 0 aliphatic carbocycles. The molecule has 0 fully saturated rings. The van der Waals surface area contributed by atoms with Gasteiger partial charge < -0.3 is 9.63 Å². The quantitative estimate of drug-likeness (QED) is 0.683. The molecule has 0 saturated heterocycles. The van der Waals surface area contributed by atoms with Gasteiger partial charge in [-0.1, -0.05) is 16.8 Å². The van der Waals surface area contributed by atoms with Gasteiger partial charge >= 0.3 is 12.1 Å². The van der Waals surface area contributed by atoms with Crippen LogP contribution in [0.15, 0.2) is 40.9 Å². The van der Waals surface area contributed by atoms with E-state index < -0.39 is 17.7 Å². The van der Waals surface area contributed by atoms with Crippen LogP contribution in [-0.4, -0.2) is 21.2 Å². The summed E-state index contributed by atoms with van der Waals surface area (Å²) in [7, 11) is 0. The van der Waals surface area contributed by atoms with Crippen molar-refractivity contribution in [2.75, 3.05) is 0 Å². The normalized spacial score (nSPS) is 11.6. The second-order valence-corrected chi connectivity index (χ2v) is 5.86. The van der Waals surface area contributed by atoms with Gasteiger partial charge in [-0.15, -0.1) is 0 Å². The molecule has 9 heteroatoms. The fourth-order valence-corrected chi connectivity index (χ4v) is 2.56. The third-order valence-electron chi connectivity index (χ3n) is 3.66. The summed E-state index contributed by atoms with van der Waals surface area (Å²) < 4.78 is 43.7. The lowest BCUT2D eigenvalue weighted by Gasteiger charge is -2.08. The van der Waals surface area contributed by atoms with Crippen LogP contribution in [0.4, 0.5) is 13.2 Å². The number of rotatable bonds is 3. The first-order valence-electron chi connectivity index (χ1n) is 7.22. The van der Waals surface area contributed by atoms with E-state index in [1.807, 2.05) is 0 Å². The highest BCUT2D eigenvalue weighted by molar-refractivity contribution is 6.33. The SMILES string of the molecule is Cc1cc(-c2nc(-c3cc(C(F)(F)F)ccc3Cl)no2)ccc1C(=O)O. The number of carbonyl (C=O) groups is 1. The van der Waals surface area contributed by atoms with Gasteiger partial charge in [0, 0.05) is 11.1 Å². The maximum Gasteiger partial charge on any atom is 0.416 e. The zero-order valence-electron chi connectivity index (χ0n) is 13.1. The number of benzene rings is 2. The van der Waals surface area contributed by atoms with Gasteiger partial charge in [0.2, 0.25) is 5.82 Å². The number of carboxylic acids is 1. The van der Waals surface area contributed by atoms with E-state index in [0.29, 0.717) is 11.1 Å². The lowest BCUT2D eigenvalue weighted by atomic mass is 10.1. The Morgan fingerprint density at radius 3 is 2.54 bits per heavy atom. The van der Waals surface area contributed by atoms with Crippen LogP contribution in [0.1, 0.15) is 21.5 Å². The molecule has 0 atom stereocenters. The number of aromatic nitrogens is 2. The summed E-state index contributed by atoms with van der Waals surface area (Å²) in [6, 6.07) is 7.21. The summed E-state index contributed by atoms with van der Waals surface area (Å²) in [5.74, 6) is -1.14. The van der Waals surface area contributed by atoms with E-state index in [0.717, 1.165) is 18.2 Å². The van der Waals surface area contributed by atoms with Crippen LogP contribution in [0.2, 0.25) is 5.02 Å². The van der Waals surface area contributed by atoms with Gasteiger partial charge in [-0.25, -0.2) is 4.79 Å². The number of hydrogen-bond donors (Lipinski definition) is 1. The van der Waals surface area contributed by atoms with Crippen molar-refractivity contribution in [1.82, 2.24) is 10.1 Å². The van der Waals surface area contributed by atoms with Crippen molar-refractivity contribution in [3.8, 4) is 22.8 Å². The van der Waals surface area contributed by atoms with Gasteiger partial charge in [-0.05, 0) is 48.9 Å². The highest BCUT2D eigenvalue weighted by atomic mass is 35.5. The van der Waals surface area contributed by atoms with Gasteiger partial charge in [0.1, 0.15) is 0 Å². The molecule has 1 heterocycles. The van der Waals surface area contributed by atoms with Crippen LogP contribution < -0.4 is 0 Å². The third-order valence-corrected chi connectivity index (χ3v) is 3.99. The molecule has 0 aliphatic heterocycles. The minimum atomic E-state index is -4.53. The Balaban J connectivity index is 2.01. The molecule has 0 bridgehead atoms. The van der Waals surface area contributed by atoms with Crippen LogP contribution in [0.25, 0.3) is 22.8 Å². The lowest BCUT2D eigenvalue weighted by Crippen LogP contribution is -2.04. The Bertz CT molecular complexity index is 999. The first-order valence-corrected chi connectivity index (χ1v) is 7.60. The average molecular weight is 383 g/mol. The maximum atomic E-state index is 12.9. The molecule has 3 aromatic rings. The minimum absolute atomic E-state index is 0.0182. The van der Waals surface area contributed by atoms with Gasteiger partial charge in [0.15, 0.2) is 0 Å². The van der Waals surface area contributed by atoms with Crippen molar-refractivity contribution in [1.29, 1.82) is 0 Å². The second kappa shape index (κ2) is 6.45. The number of carboxylic acid groups (broad SMARTS) is 1. The predicted molar refractivity (Wildman–Crippen MR) is 86.9 cm³/mol. The van der Waals surface area contributed by atoms with Crippen LogP contribution in [0, 0.1) is 6.92 Å². The molecule has 2 aromatic carbocycles. The Labute approximate surface area is 150 Å². The molecule has 26 heavy (non-hydrogen) atoms. The van der Waals surface area contributed by atoms with Crippen LogP contribution in [0.5, 0.6) is 0 Å². The molecule has 5 nitrogen and oxygen atoms in total. The number of halogens is 4. The first kappa shape index (κ1) is 17.9. The topological polar surface area (TPSA) is 76.2 Å². The van der Waals surface area contributed by atoms with Crippen molar-refractivity contribution < 1.29 is 27.6 Å². The van der Waals surface area contributed by atoms with Crippen molar-refractivity contribution in [3.63, 3.8) is 0 Å². The minimum Gasteiger partial charge on any atom is -0.478 e. The van der Waals surface area contributed by atoms with E-state index in [1.54, 1.807) is 6.92 Å². The Kier molecular flexibility index (Phi) is 4.45. The number of nitrogens with zero attached hydrogens (tertiary/aromatic N) is 2. The molecule has 0 radical (unpaired) electrons. The number of alkyl halides is 3. The van der Waals surface area contributed by atoms with Gasteiger partial charge in [0.05, 0.1) is 16.1 Å². The largest absolute Gasteiger partial charge is 0.478 e. The van der Waals surface area contributed by atoms with Crippen molar-refractivity contribution >= 4 is 17.6 Å². The molecule has 0 aliphatic rings. The summed E-state index contributed by atoms with van der Waals surface area (Å²) in [6.45, 7) is 1.61. The fourth-order valence-electron chi connectivity index (χ4n) is 2.36. The van der Waals surface area contributed by atoms with Crippen LogP contribution >= 0.6 is 11.6 Å². The van der Waals surface area contributed by atoms with E-state index in [2.05, 4.69) is 10.1 Å². The van der Waals surface area contributed by atoms with Crippen molar-refractivity contribution in [2.45, 2.75) is 13.1 Å². The van der Waals surface area contributed by atoms with Gasteiger partial charge in [-0.2, -0.15) is 18.2 Å². The predicted octanol–water partition coefficient (Wildman–Crippen LogP) is 5.08. The lowest BCUT2D eigenvalue weighted by molar-refractivity contribution is -0.137. The van der Waals surface area contributed by atoms with Crippen LogP contribution in [0.3, 0.4) is 0 Å². The van der Waals surface area contributed by atoms with E-state index in [1.165, 1.54) is 18.2 Å². The molecule has 0 amide bonds. The second-order valence-electron chi connectivity index (χ2n) is 5.45. The number of aromatic carboxylic acids is 1. The first-order chi connectivity index (χ1) is 12.2. The molecule has 0 saturated carbocycles. The molecule has 0 unspecified atom stereocenters. The fraction of sp³-hybridized carbons (Fsp3) is 0.118. The van der Waals surface area contributed by atoms with Crippen molar-refractivity contribution in [3.05, 3.63) is 58.1 Å².